The number of aromatic nitrogens is 1. The quantitative estimate of drug-likeness (QED) is 0.394. The summed E-state index contributed by atoms with van der Waals surface area (Å²) in [5.41, 5.74) is 3.30. The van der Waals surface area contributed by atoms with Crippen molar-refractivity contribution in [1.29, 1.82) is 0 Å². The van der Waals surface area contributed by atoms with Gasteiger partial charge in [0.25, 0.3) is 5.91 Å². The van der Waals surface area contributed by atoms with Crippen molar-refractivity contribution in [3.63, 3.8) is 0 Å². The van der Waals surface area contributed by atoms with E-state index in [9.17, 15) is 4.79 Å². The van der Waals surface area contributed by atoms with Crippen LogP contribution in [-0.4, -0.2) is 10.9 Å². The predicted octanol–water partition coefficient (Wildman–Crippen LogP) is 6.63. The van der Waals surface area contributed by atoms with Gasteiger partial charge in [-0.1, -0.05) is 53.0 Å². The number of oxazole rings is 1. The number of nitrogens with zero attached hydrogens (tertiary/aromatic N) is 1. The summed E-state index contributed by atoms with van der Waals surface area (Å²) < 4.78 is 5.74. The van der Waals surface area contributed by atoms with Crippen LogP contribution in [0.1, 0.15) is 21.8 Å². The molecule has 0 aliphatic heterocycles. The fourth-order valence-electron chi connectivity index (χ4n) is 2.79. The van der Waals surface area contributed by atoms with Gasteiger partial charge in [-0.05, 0) is 48.0 Å². The topological polar surface area (TPSA) is 55.1 Å². The first kappa shape index (κ1) is 18.8. The molecule has 28 heavy (non-hydrogen) atoms. The zero-order chi connectivity index (χ0) is 19.7. The van der Waals surface area contributed by atoms with Gasteiger partial charge in [0.1, 0.15) is 5.52 Å². The third-order valence-electron chi connectivity index (χ3n) is 4.11. The Hall–Kier alpha value is -2.53. The molecule has 4 aromatic rings. The van der Waals surface area contributed by atoms with Crippen molar-refractivity contribution in [3.8, 4) is 0 Å². The highest BCUT2D eigenvalue weighted by Crippen LogP contribution is 2.29. The number of hydrogen-bond donors (Lipinski definition) is 1. The van der Waals surface area contributed by atoms with Gasteiger partial charge in [-0.3, -0.25) is 4.79 Å². The number of nitrogens with one attached hydrogen (secondary N) is 1. The number of fused-ring (bicyclic) bond motifs is 1. The highest BCUT2D eigenvalue weighted by atomic mass is 35.5. The van der Waals surface area contributed by atoms with Crippen molar-refractivity contribution in [1.82, 2.24) is 4.98 Å². The maximum Gasteiger partial charge on any atom is 0.255 e. The lowest BCUT2D eigenvalue weighted by atomic mass is 10.1. The summed E-state index contributed by atoms with van der Waals surface area (Å²) in [6, 6.07) is 17.6. The molecule has 0 aliphatic rings. The minimum Gasteiger partial charge on any atom is -0.439 e. The van der Waals surface area contributed by atoms with Crippen LogP contribution in [0.2, 0.25) is 15.1 Å². The minimum absolute atomic E-state index is 0.222. The summed E-state index contributed by atoms with van der Waals surface area (Å²) in [4.78, 5) is 16.7. The molecule has 0 radical (unpaired) electrons. The van der Waals surface area contributed by atoms with E-state index in [1.165, 1.54) is 0 Å². The van der Waals surface area contributed by atoms with Crippen molar-refractivity contribution >= 4 is 57.5 Å². The second-order valence-electron chi connectivity index (χ2n) is 6.18. The molecule has 0 aliphatic carbocycles. The molecular weight excluding hydrogens is 419 g/mol. The van der Waals surface area contributed by atoms with Gasteiger partial charge in [0, 0.05) is 27.7 Å². The lowest BCUT2D eigenvalue weighted by Crippen LogP contribution is -2.11. The normalized spacial score (nSPS) is 11.0. The Bertz CT molecular complexity index is 1170. The minimum atomic E-state index is -0.222. The zero-order valence-electron chi connectivity index (χ0n) is 14.4. The highest BCUT2D eigenvalue weighted by Gasteiger charge is 2.12. The maximum absolute atomic E-state index is 12.3. The van der Waals surface area contributed by atoms with Gasteiger partial charge >= 0.3 is 0 Å². The van der Waals surface area contributed by atoms with Gasteiger partial charge in [0.15, 0.2) is 11.5 Å². The molecule has 4 nitrogen and oxygen atoms in total. The molecular formula is C21H13Cl3N2O2. The summed E-state index contributed by atoms with van der Waals surface area (Å²) in [6.07, 6.45) is 0.491. The number of rotatable bonds is 4. The Morgan fingerprint density at radius 3 is 2.50 bits per heavy atom. The van der Waals surface area contributed by atoms with E-state index in [0.717, 1.165) is 5.56 Å². The standard InChI is InChI=1S/C21H13Cl3N2O2/c22-14-3-1-2-13(9-14)21(27)25-16-6-4-12(5-7-16)8-19-26-18-11-15(23)10-17(24)20(18)28-19/h1-7,9-11H,8H2,(H,25,27). The summed E-state index contributed by atoms with van der Waals surface area (Å²) in [5.74, 6) is 0.315. The third-order valence-corrected chi connectivity index (χ3v) is 4.84. The molecule has 1 N–H and O–H groups in total. The lowest BCUT2D eigenvalue weighted by molar-refractivity contribution is 0.102. The van der Waals surface area contributed by atoms with Crippen LogP contribution in [0, 0.1) is 0 Å². The molecule has 140 valence electrons. The Kier molecular flexibility index (Phi) is 5.27. The molecule has 0 fully saturated rings. The summed E-state index contributed by atoms with van der Waals surface area (Å²) >= 11 is 18.1. The first-order valence-corrected chi connectivity index (χ1v) is 9.51. The molecule has 4 rings (SSSR count). The number of anilines is 1. The van der Waals surface area contributed by atoms with E-state index in [1.807, 2.05) is 24.3 Å². The smallest absolute Gasteiger partial charge is 0.255 e. The van der Waals surface area contributed by atoms with Crippen LogP contribution in [0.5, 0.6) is 0 Å². The molecule has 0 saturated carbocycles. The van der Waals surface area contributed by atoms with E-state index in [2.05, 4.69) is 10.3 Å². The number of halogens is 3. The van der Waals surface area contributed by atoms with E-state index in [-0.39, 0.29) is 5.91 Å². The zero-order valence-corrected chi connectivity index (χ0v) is 16.6. The molecule has 7 heteroatoms. The Morgan fingerprint density at radius 1 is 0.964 bits per heavy atom. The van der Waals surface area contributed by atoms with Crippen molar-refractivity contribution in [2.75, 3.05) is 5.32 Å². The monoisotopic (exact) mass is 430 g/mol. The first-order valence-electron chi connectivity index (χ1n) is 8.38. The summed E-state index contributed by atoms with van der Waals surface area (Å²) in [7, 11) is 0. The van der Waals surface area contributed by atoms with Crippen LogP contribution in [0.4, 0.5) is 5.69 Å². The second-order valence-corrected chi connectivity index (χ2v) is 7.46. The van der Waals surface area contributed by atoms with E-state index in [1.54, 1.807) is 36.4 Å². The van der Waals surface area contributed by atoms with Crippen molar-refractivity contribution in [3.05, 3.63) is 92.7 Å². The van der Waals surface area contributed by atoms with Crippen molar-refractivity contribution < 1.29 is 9.21 Å². The van der Waals surface area contributed by atoms with E-state index in [0.29, 0.717) is 49.7 Å². The van der Waals surface area contributed by atoms with E-state index in [4.69, 9.17) is 39.2 Å². The molecule has 1 aromatic heterocycles. The van der Waals surface area contributed by atoms with Crippen LogP contribution in [0.15, 0.2) is 65.1 Å². The third kappa shape index (κ3) is 4.14. The fraction of sp³-hybridized carbons (Fsp3) is 0.0476. The Balaban J connectivity index is 1.47. The van der Waals surface area contributed by atoms with Gasteiger partial charge in [-0.2, -0.15) is 0 Å². The average Bonchev–Trinajstić information content (AvgIpc) is 3.06. The molecule has 1 amide bonds. The van der Waals surface area contributed by atoms with Gasteiger partial charge in [0.05, 0.1) is 5.02 Å². The van der Waals surface area contributed by atoms with Gasteiger partial charge in [-0.15, -0.1) is 0 Å². The number of benzene rings is 3. The molecule has 1 heterocycles. The summed E-state index contributed by atoms with van der Waals surface area (Å²) in [6.45, 7) is 0. The molecule has 0 saturated heterocycles. The Labute approximate surface area is 176 Å². The van der Waals surface area contributed by atoms with Crippen LogP contribution in [0.3, 0.4) is 0 Å². The maximum atomic E-state index is 12.3. The van der Waals surface area contributed by atoms with Gasteiger partial charge in [0.2, 0.25) is 0 Å². The Morgan fingerprint density at radius 2 is 1.75 bits per heavy atom. The van der Waals surface area contributed by atoms with E-state index < -0.39 is 0 Å². The summed E-state index contributed by atoms with van der Waals surface area (Å²) in [5, 5.41) is 4.30. The number of hydrogen-bond acceptors (Lipinski definition) is 3. The largest absolute Gasteiger partial charge is 0.439 e. The van der Waals surface area contributed by atoms with Crippen LogP contribution in [0.25, 0.3) is 11.1 Å². The lowest BCUT2D eigenvalue weighted by Gasteiger charge is -2.06. The van der Waals surface area contributed by atoms with Crippen molar-refractivity contribution in [2.45, 2.75) is 6.42 Å². The molecule has 0 unspecified atom stereocenters. The van der Waals surface area contributed by atoms with E-state index >= 15 is 0 Å². The SMILES string of the molecule is O=C(Nc1ccc(Cc2nc3cc(Cl)cc(Cl)c3o2)cc1)c1cccc(Cl)c1. The first-order chi connectivity index (χ1) is 13.5. The number of carbonyl (C=O) groups excluding carboxylic acids is 1. The van der Waals surface area contributed by atoms with Crippen molar-refractivity contribution in [2.24, 2.45) is 0 Å². The van der Waals surface area contributed by atoms with Crippen LogP contribution in [-0.2, 0) is 6.42 Å². The van der Waals surface area contributed by atoms with Crippen LogP contribution < -0.4 is 5.32 Å². The predicted molar refractivity (Wildman–Crippen MR) is 113 cm³/mol. The van der Waals surface area contributed by atoms with Crippen LogP contribution >= 0.6 is 34.8 Å². The second kappa shape index (κ2) is 7.84. The molecule has 0 bridgehead atoms. The number of carbonyl (C=O) groups is 1. The molecule has 0 spiro atoms. The molecule has 0 atom stereocenters. The van der Waals surface area contributed by atoms with Gasteiger partial charge < -0.3 is 9.73 Å². The fourth-order valence-corrected chi connectivity index (χ4v) is 3.51. The number of amides is 1. The highest BCUT2D eigenvalue weighted by molar-refractivity contribution is 6.38. The average molecular weight is 432 g/mol. The molecule has 3 aromatic carbocycles. The van der Waals surface area contributed by atoms with Gasteiger partial charge in [-0.25, -0.2) is 4.98 Å².